The van der Waals surface area contributed by atoms with Crippen molar-refractivity contribution >= 4 is 21.9 Å². The third-order valence-corrected chi connectivity index (χ3v) is 1.62. The molecule has 0 aliphatic heterocycles. The van der Waals surface area contributed by atoms with E-state index >= 15 is 0 Å². The van der Waals surface area contributed by atoms with Gasteiger partial charge < -0.3 is 10.2 Å². The second-order valence-corrected chi connectivity index (χ2v) is 2.39. The number of aliphatic carboxylic acids is 1. The van der Waals surface area contributed by atoms with Gasteiger partial charge in [0.25, 0.3) is 0 Å². The van der Waals surface area contributed by atoms with Crippen molar-refractivity contribution in [3.8, 4) is 0 Å². The number of carboxylic acids is 1. The van der Waals surface area contributed by atoms with Crippen LogP contribution in [0.1, 0.15) is 12.8 Å². The molecule has 9 heavy (non-hydrogen) atoms. The Morgan fingerprint density at radius 3 is 2.56 bits per heavy atom. The Morgan fingerprint density at radius 1 is 1.67 bits per heavy atom. The van der Waals surface area contributed by atoms with Gasteiger partial charge in [-0.25, -0.2) is 0 Å². The fraction of sp³-hybridized carbons (Fsp3) is 0.800. The van der Waals surface area contributed by atoms with Gasteiger partial charge in [-0.2, -0.15) is 0 Å². The molecule has 0 aromatic heterocycles. The predicted molar refractivity (Wildman–Crippen MR) is 36.7 cm³/mol. The molecule has 0 fully saturated rings. The molecule has 0 aromatic carbocycles. The van der Waals surface area contributed by atoms with E-state index in [1.165, 1.54) is 0 Å². The molecular formula is C5H9BrO3. The van der Waals surface area contributed by atoms with Crippen molar-refractivity contribution < 1.29 is 15.0 Å². The van der Waals surface area contributed by atoms with Crippen LogP contribution in [0.25, 0.3) is 0 Å². The largest absolute Gasteiger partial charge is 0.481 e. The van der Waals surface area contributed by atoms with E-state index in [1.807, 2.05) is 0 Å². The Balaban J connectivity index is 3.16. The average molecular weight is 197 g/mol. The number of hydrogen-bond donors (Lipinski definition) is 2. The van der Waals surface area contributed by atoms with Gasteiger partial charge in [0, 0.05) is 11.8 Å². The third kappa shape index (κ3) is 5.79. The Bertz CT molecular complexity index is 94.2. The van der Waals surface area contributed by atoms with Crippen molar-refractivity contribution in [2.75, 3.05) is 5.33 Å². The molecule has 54 valence electrons. The van der Waals surface area contributed by atoms with E-state index in [0.29, 0.717) is 11.8 Å². The number of carbonyl (C=O) groups is 1. The van der Waals surface area contributed by atoms with E-state index in [1.54, 1.807) is 0 Å². The standard InChI is InChI=1S/C5H9BrO3/c6-3-4(7)1-2-5(8)9/h4,7H,1-3H2,(H,8,9). The minimum Gasteiger partial charge on any atom is -0.481 e. The third-order valence-electron chi connectivity index (χ3n) is 0.870. The normalized spacial score (nSPS) is 13.1. The summed E-state index contributed by atoms with van der Waals surface area (Å²) in [5.74, 6) is -0.866. The zero-order chi connectivity index (χ0) is 7.28. The lowest BCUT2D eigenvalue weighted by Crippen LogP contribution is -2.10. The summed E-state index contributed by atoms with van der Waals surface area (Å²) in [5.41, 5.74) is 0. The molecule has 2 N–H and O–H groups in total. The summed E-state index contributed by atoms with van der Waals surface area (Å²) in [6.45, 7) is 0. The van der Waals surface area contributed by atoms with Crippen molar-refractivity contribution in [1.82, 2.24) is 0 Å². The lowest BCUT2D eigenvalue weighted by Gasteiger charge is -2.01. The van der Waals surface area contributed by atoms with Crippen LogP contribution in [0.4, 0.5) is 0 Å². The fourth-order valence-corrected chi connectivity index (χ4v) is 0.691. The van der Waals surface area contributed by atoms with Crippen molar-refractivity contribution in [3.05, 3.63) is 0 Å². The number of aliphatic hydroxyl groups is 1. The summed E-state index contributed by atoms with van der Waals surface area (Å²) < 4.78 is 0. The summed E-state index contributed by atoms with van der Waals surface area (Å²) >= 11 is 3.02. The molecule has 0 rings (SSSR count). The van der Waals surface area contributed by atoms with Gasteiger partial charge in [-0.05, 0) is 6.42 Å². The zero-order valence-corrected chi connectivity index (χ0v) is 6.47. The zero-order valence-electron chi connectivity index (χ0n) is 4.88. The monoisotopic (exact) mass is 196 g/mol. The van der Waals surface area contributed by atoms with E-state index in [0.717, 1.165) is 0 Å². The predicted octanol–water partition coefficient (Wildman–Crippen LogP) is 0.607. The number of aliphatic hydroxyl groups excluding tert-OH is 1. The lowest BCUT2D eigenvalue weighted by atomic mass is 10.2. The first-order chi connectivity index (χ1) is 4.16. The summed E-state index contributed by atoms with van der Waals surface area (Å²) in [4.78, 5) is 9.89. The summed E-state index contributed by atoms with van der Waals surface area (Å²) in [6.07, 6.45) is -0.172. The first-order valence-corrected chi connectivity index (χ1v) is 3.74. The maximum atomic E-state index is 9.89. The first kappa shape index (κ1) is 8.91. The van der Waals surface area contributed by atoms with Crippen LogP contribution in [0.3, 0.4) is 0 Å². The first-order valence-electron chi connectivity index (χ1n) is 2.62. The highest BCUT2D eigenvalue weighted by molar-refractivity contribution is 9.09. The average Bonchev–Trinajstić information content (AvgIpc) is 1.83. The van der Waals surface area contributed by atoms with Gasteiger partial charge in [-0.15, -0.1) is 0 Å². The molecule has 0 heterocycles. The molecule has 0 saturated carbocycles. The van der Waals surface area contributed by atoms with E-state index in [4.69, 9.17) is 10.2 Å². The number of halogens is 1. The molecule has 0 aromatic rings. The molecule has 0 spiro atoms. The molecule has 0 amide bonds. The number of carboxylic acid groups (broad SMARTS) is 1. The van der Waals surface area contributed by atoms with Gasteiger partial charge in [0.05, 0.1) is 6.10 Å². The number of rotatable bonds is 4. The summed E-state index contributed by atoms with van der Waals surface area (Å²) in [7, 11) is 0. The van der Waals surface area contributed by atoms with Gasteiger partial charge in [0.15, 0.2) is 0 Å². The van der Waals surface area contributed by atoms with Crippen molar-refractivity contribution in [1.29, 1.82) is 0 Å². The molecule has 0 bridgehead atoms. The molecule has 0 saturated heterocycles. The van der Waals surface area contributed by atoms with Crippen molar-refractivity contribution in [3.63, 3.8) is 0 Å². The van der Waals surface area contributed by atoms with Gasteiger partial charge >= 0.3 is 5.97 Å². The lowest BCUT2D eigenvalue weighted by molar-refractivity contribution is -0.137. The maximum absolute atomic E-state index is 9.89. The van der Waals surface area contributed by atoms with E-state index < -0.39 is 12.1 Å². The van der Waals surface area contributed by atoms with Crippen molar-refractivity contribution in [2.45, 2.75) is 18.9 Å². The van der Waals surface area contributed by atoms with Crippen LogP contribution >= 0.6 is 15.9 Å². The van der Waals surface area contributed by atoms with Crippen LogP contribution in [-0.2, 0) is 4.79 Å². The minimum absolute atomic E-state index is 0.0345. The molecule has 3 nitrogen and oxygen atoms in total. The Hall–Kier alpha value is -0.0900. The van der Waals surface area contributed by atoms with Crippen LogP contribution in [0.5, 0.6) is 0 Å². The Labute approximate surface area is 61.8 Å². The second kappa shape index (κ2) is 4.76. The van der Waals surface area contributed by atoms with Crippen LogP contribution in [0.2, 0.25) is 0 Å². The highest BCUT2D eigenvalue weighted by Gasteiger charge is 2.03. The van der Waals surface area contributed by atoms with E-state index in [-0.39, 0.29) is 6.42 Å². The highest BCUT2D eigenvalue weighted by Crippen LogP contribution is 1.99. The number of alkyl halides is 1. The Kier molecular flexibility index (Phi) is 4.71. The smallest absolute Gasteiger partial charge is 0.303 e. The minimum atomic E-state index is -0.866. The highest BCUT2D eigenvalue weighted by atomic mass is 79.9. The number of hydrogen-bond acceptors (Lipinski definition) is 2. The van der Waals surface area contributed by atoms with Crippen LogP contribution < -0.4 is 0 Å². The van der Waals surface area contributed by atoms with Crippen LogP contribution in [0.15, 0.2) is 0 Å². The molecule has 0 radical (unpaired) electrons. The van der Waals surface area contributed by atoms with E-state index in [9.17, 15) is 4.79 Å². The molecule has 1 unspecified atom stereocenters. The van der Waals surface area contributed by atoms with E-state index in [2.05, 4.69) is 15.9 Å². The van der Waals surface area contributed by atoms with Crippen molar-refractivity contribution in [2.24, 2.45) is 0 Å². The SMILES string of the molecule is O=C(O)CCC(O)CBr. The van der Waals surface area contributed by atoms with Crippen LogP contribution in [-0.4, -0.2) is 27.6 Å². The van der Waals surface area contributed by atoms with Crippen LogP contribution in [0, 0.1) is 0 Å². The molecular weight excluding hydrogens is 188 g/mol. The quantitative estimate of drug-likeness (QED) is 0.649. The Morgan fingerprint density at radius 2 is 2.22 bits per heavy atom. The maximum Gasteiger partial charge on any atom is 0.303 e. The van der Waals surface area contributed by atoms with Gasteiger partial charge in [0.1, 0.15) is 0 Å². The summed E-state index contributed by atoms with van der Waals surface area (Å²) in [5, 5.41) is 17.4. The topological polar surface area (TPSA) is 57.5 Å². The van der Waals surface area contributed by atoms with Gasteiger partial charge in [0.2, 0.25) is 0 Å². The van der Waals surface area contributed by atoms with Gasteiger partial charge in [-0.1, -0.05) is 15.9 Å². The molecule has 1 atom stereocenters. The molecule has 0 aliphatic carbocycles. The second-order valence-electron chi connectivity index (χ2n) is 1.74. The molecule has 0 aliphatic rings. The fourth-order valence-electron chi connectivity index (χ4n) is 0.367. The molecule has 4 heteroatoms. The van der Waals surface area contributed by atoms with Gasteiger partial charge in [-0.3, -0.25) is 4.79 Å². The summed E-state index contributed by atoms with van der Waals surface area (Å²) in [6, 6.07) is 0.